The van der Waals surface area contributed by atoms with E-state index in [4.69, 9.17) is 18.9 Å². The molecular weight excluding hydrogens is 396 g/mol. The van der Waals surface area contributed by atoms with E-state index >= 15 is 0 Å². The lowest BCUT2D eigenvalue weighted by Gasteiger charge is -2.24. The molecule has 0 bridgehead atoms. The monoisotopic (exact) mass is 446 g/mol. The molecule has 0 radical (unpaired) electrons. The Bertz CT molecular complexity index is 390. The van der Waals surface area contributed by atoms with Gasteiger partial charge in [-0.3, -0.25) is 4.79 Å². The van der Waals surface area contributed by atoms with E-state index in [1.165, 1.54) is 38.5 Å². The third-order valence-corrected chi connectivity index (χ3v) is 5.65. The molecule has 1 atom stereocenters. The smallest absolute Gasteiger partial charge is 0.309 e. The molecule has 6 nitrogen and oxygen atoms in total. The standard InChI is InChI=1S/C25H50O6/c1-4-6-8-10-11-13-16-28-18-20-30-22-23-31-21-19-29-17-15-25(3,24(26)27)14-12-9-7-5-2/h4-23H2,1-3H3,(H,26,27). The first-order valence-corrected chi connectivity index (χ1v) is 12.6. The minimum Gasteiger partial charge on any atom is -0.481 e. The molecule has 0 saturated carbocycles. The zero-order chi connectivity index (χ0) is 23.0. The summed E-state index contributed by atoms with van der Waals surface area (Å²) >= 11 is 0. The van der Waals surface area contributed by atoms with Crippen LogP contribution in [0.3, 0.4) is 0 Å². The van der Waals surface area contributed by atoms with E-state index in [-0.39, 0.29) is 0 Å². The van der Waals surface area contributed by atoms with E-state index in [1.54, 1.807) is 0 Å². The van der Waals surface area contributed by atoms with Gasteiger partial charge in [-0.1, -0.05) is 71.6 Å². The minimum absolute atomic E-state index is 0.451. The first kappa shape index (κ1) is 30.3. The Morgan fingerprint density at radius 3 is 1.52 bits per heavy atom. The van der Waals surface area contributed by atoms with Crippen molar-refractivity contribution in [2.24, 2.45) is 5.41 Å². The van der Waals surface area contributed by atoms with Gasteiger partial charge in [0.25, 0.3) is 0 Å². The highest BCUT2D eigenvalue weighted by Crippen LogP contribution is 2.29. The molecule has 6 heteroatoms. The largest absolute Gasteiger partial charge is 0.481 e. The Kier molecular flexibility index (Phi) is 22.0. The molecule has 0 aromatic rings. The number of hydrogen-bond acceptors (Lipinski definition) is 5. The Morgan fingerprint density at radius 1 is 0.581 bits per heavy atom. The molecule has 0 spiro atoms. The second kappa shape index (κ2) is 22.5. The van der Waals surface area contributed by atoms with Crippen molar-refractivity contribution in [2.45, 2.75) is 97.8 Å². The van der Waals surface area contributed by atoms with E-state index in [0.717, 1.165) is 32.3 Å². The molecule has 0 heterocycles. The second-order valence-corrected chi connectivity index (χ2v) is 8.64. The summed E-state index contributed by atoms with van der Waals surface area (Å²) in [5, 5.41) is 9.53. The molecule has 186 valence electrons. The quantitative estimate of drug-likeness (QED) is 0.177. The van der Waals surface area contributed by atoms with E-state index in [0.29, 0.717) is 59.1 Å². The van der Waals surface area contributed by atoms with Crippen molar-refractivity contribution in [3.8, 4) is 0 Å². The Balaban J connectivity index is 3.40. The van der Waals surface area contributed by atoms with E-state index in [2.05, 4.69) is 13.8 Å². The summed E-state index contributed by atoms with van der Waals surface area (Å²) < 4.78 is 22.1. The van der Waals surface area contributed by atoms with Crippen LogP contribution >= 0.6 is 0 Å². The Morgan fingerprint density at radius 2 is 1.00 bits per heavy atom. The fraction of sp³-hybridized carbons (Fsp3) is 0.960. The number of unbranched alkanes of at least 4 members (excludes halogenated alkanes) is 8. The van der Waals surface area contributed by atoms with Gasteiger partial charge in [-0.15, -0.1) is 0 Å². The van der Waals surface area contributed by atoms with Gasteiger partial charge < -0.3 is 24.1 Å². The topological polar surface area (TPSA) is 74.2 Å². The molecule has 31 heavy (non-hydrogen) atoms. The van der Waals surface area contributed by atoms with Crippen molar-refractivity contribution in [1.82, 2.24) is 0 Å². The maximum Gasteiger partial charge on any atom is 0.309 e. The second-order valence-electron chi connectivity index (χ2n) is 8.64. The van der Waals surface area contributed by atoms with Crippen molar-refractivity contribution in [3.05, 3.63) is 0 Å². The predicted molar refractivity (Wildman–Crippen MR) is 126 cm³/mol. The lowest BCUT2D eigenvalue weighted by Crippen LogP contribution is -2.29. The van der Waals surface area contributed by atoms with Crippen LogP contribution in [0.1, 0.15) is 97.8 Å². The summed E-state index contributed by atoms with van der Waals surface area (Å²) in [6.45, 7) is 10.8. The molecule has 0 aliphatic rings. The molecule has 0 aliphatic heterocycles. The minimum atomic E-state index is -0.725. The Labute approximate surface area is 191 Å². The molecule has 1 N–H and O–H groups in total. The number of carbonyl (C=O) groups is 1. The van der Waals surface area contributed by atoms with Crippen LogP contribution in [0, 0.1) is 5.41 Å². The van der Waals surface area contributed by atoms with Crippen molar-refractivity contribution in [1.29, 1.82) is 0 Å². The van der Waals surface area contributed by atoms with Crippen LogP contribution in [0.4, 0.5) is 0 Å². The average molecular weight is 447 g/mol. The van der Waals surface area contributed by atoms with Gasteiger partial charge >= 0.3 is 5.97 Å². The zero-order valence-electron chi connectivity index (χ0n) is 20.6. The first-order valence-electron chi connectivity index (χ1n) is 12.6. The molecule has 0 amide bonds. The number of hydrogen-bond donors (Lipinski definition) is 1. The van der Waals surface area contributed by atoms with Crippen LogP contribution < -0.4 is 0 Å². The van der Waals surface area contributed by atoms with Crippen molar-refractivity contribution >= 4 is 5.97 Å². The lowest BCUT2D eigenvalue weighted by molar-refractivity contribution is -0.149. The van der Waals surface area contributed by atoms with Crippen LogP contribution in [0.5, 0.6) is 0 Å². The number of aliphatic carboxylic acids is 1. The molecule has 0 aliphatic carbocycles. The van der Waals surface area contributed by atoms with Crippen molar-refractivity contribution < 1.29 is 28.8 Å². The highest BCUT2D eigenvalue weighted by molar-refractivity contribution is 5.74. The predicted octanol–water partition coefficient (Wildman–Crippen LogP) is 5.86. The highest BCUT2D eigenvalue weighted by atomic mass is 16.6. The van der Waals surface area contributed by atoms with Crippen LogP contribution in [-0.4, -0.2) is 63.9 Å². The van der Waals surface area contributed by atoms with Gasteiger partial charge in [-0.25, -0.2) is 0 Å². The molecule has 0 aromatic heterocycles. The fourth-order valence-corrected chi connectivity index (χ4v) is 3.32. The van der Waals surface area contributed by atoms with Crippen molar-refractivity contribution in [3.63, 3.8) is 0 Å². The number of rotatable bonds is 25. The van der Waals surface area contributed by atoms with Gasteiger partial charge in [0.05, 0.1) is 45.1 Å². The normalized spacial score (nSPS) is 13.4. The lowest BCUT2D eigenvalue weighted by atomic mass is 9.82. The number of carboxylic acid groups (broad SMARTS) is 1. The van der Waals surface area contributed by atoms with Gasteiger partial charge in [-0.05, 0) is 26.2 Å². The fourth-order valence-electron chi connectivity index (χ4n) is 3.32. The van der Waals surface area contributed by atoms with Crippen molar-refractivity contribution in [2.75, 3.05) is 52.9 Å². The average Bonchev–Trinajstić information content (AvgIpc) is 2.76. The summed E-state index contributed by atoms with van der Waals surface area (Å²) in [6.07, 6.45) is 13.3. The van der Waals surface area contributed by atoms with Gasteiger partial charge in [0.1, 0.15) is 0 Å². The third kappa shape index (κ3) is 19.7. The Hall–Kier alpha value is -0.690. The summed E-state index contributed by atoms with van der Waals surface area (Å²) in [6, 6.07) is 0. The molecule has 0 aromatic carbocycles. The highest BCUT2D eigenvalue weighted by Gasteiger charge is 2.31. The SMILES string of the molecule is CCCCCCCCOCCOCCOCCOCCC(C)(CCCCCC)C(=O)O. The molecule has 0 saturated heterocycles. The van der Waals surface area contributed by atoms with E-state index in [1.807, 2.05) is 6.92 Å². The summed E-state index contributed by atoms with van der Waals surface area (Å²) in [5.41, 5.74) is -0.695. The van der Waals surface area contributed by atoms with Gasteiger partial charge in [-0.2, -0.15) is 0 Å². The van der Waals surface area contributed by atoms with Crippen LogP contribution in [0.2, 0.25) is 0 Å². The molecule has 0 fully saturated rings. The number of carboxylic acids is 1. The maximum atomic E-state index is 11.6. The van der Waals surface area contributed by atoms with Gasteiger partial charge in [0.15, 0.2) is 0 Å². The maximum absolute atomic E-state index is 11.6. The van der Waals surface area contributed by atoms with Crippen LogP contribution in [0.15, 0.2) is 0 Å². The first-order chi connectivity index (χ1) is 15.1. The van der Waals surface area contributed by atoms with Crippen LogP contribution in [0.25, 0.3) is 0 Å². The molecular formula is C25H50O6. The third-order valence-electron chi connectivity index (χ3n) is 5.65. The zero-order valence-corrected chi connectivity index (χ0v) is 20.6. The van der Waals surface area contributed by atoms with Crippen LogP contribution in [-0.2, 0) is 23.7 Å². The summed E-state index contributed by atoms with van der Waals surface area (Å²) in [4.78, 5) is 11.6. The van der Waals surface area contributed by atoms with E-state index in [9.17, 15) is 9.90 Å². The summed E-state index contributed by atoms with van der Waals surface area (Å²) in [7, 11) is 0. The summed E-state index contributed by atoms with van der Waals surface area (Å²) in [5.74, 6) is -0.725. The van der Waals surface area contributed by atoms with Gasteiger partial charge in [0, 0.05) is 13.2 Å². The van der Waals surface area contributed by atoms with E-state index < -0.39 is 11.4 Å². The number of ether oxygens (including phenoxy) is 4. The molecule has 0 rings (SSSR count). The van der Waals surface area contributed by atoms with Gasteiger partial charge in [0.2, 0.25) is 0 Å². The molecule has 1 unspecified atom stereocenters.